The van der Waals surface area contributed by atoms with Crippen molar-refractivity contribution >= 4 is 29.1 Å². The fourth-order valence-corrected chi connectivity index (χ4v) is 3.71. The molecule has 2 aromatic carbocycles. The molecule has 1 aliphatic heterocycles. The van der Waals surface area contributed by atoms with Gasteiger partial charge in [0.05, 0.1) is 17.1 Å². The lowest BCUT2D eigenvalue weighted by Gasteiger charge is -2.30. The Hall–Kier alpha value is -2.37. The number of nitrogens with one attached hydrogen (secondary N) is 2. The van der Waals surface area contributed by atoms with Crippen molar-refractivity contribution in [2.75, 3.05) is 25.0 Å². The molecular weight excluding hydrogens is 374 g/mol. The molecule has 1 saturated heterocycles. The summed E-state index contributed by atoms with van der Waals surface area (Å²) in [6.07, 6.45) is 2.57. The van der Waals surface area contributed by atoms with Gasteiger partial charge in [0.15, 0.2) is 0 Å². The van der Waals surface area contributed by atoms with Gasteiger partial charge in [0, 0.05) is 18.8 Å². The van der Waals surface area contributed by atoms with E-state index >= 15 is 0 Å². The predicted octanol–water partition coefficient (Wildman–Crippen LogP) is 3.94. The smallest absolute Gasteiger partial charge is 0.253 e. The standard InChI is InChI=1S/C22H26ClN3O2/c1-16-5-4-12-26(14-16)15-17-8-10-18(11-9-17)25-21(27)13-24-22(28)19-6-2-3-7-20(19)23/h2-3,6-11,16H,4-5,12-15H2,1H3,(H,24,28)(H,25,27)/t16-/m1/s1. The molecule has 2 amide bonds. The van der Waals surface area contributed by atoms with Gasteiger partial charge in [-0.15, -0.1) is 0 Å². The molecule has 28 heavy (non-hydrogen) atoms. The van der Waals surface area contributed by atoms with Gasteiger partial charge in [-0.3, -0.25) is 14.5 Å². The van der Waals surface area contributed by atoms with Crippen LogP contribution in [0, 0.1) is 5.92 Å². The van der Waals surface area contributed by atoms with Crippen molar-refractivity contribution in [1.82, 2.24) is 10.2 Å². The molecule has 0 spiro atoms. The van der Waals surface area contributed by atoms with E-state index in [1.165, 1.54) is 18.4 Å². The van der Waals surface area contributed by atoms with Crippen LogP contribution in [0.5, 0.6) is 0 Å². The van der Waals surface area contributed by atoms with Crippen molar-refractivity contribution in [1.29, 1.82) is 0 Å². The molecule has 1 fully saturated rings. The molecule has 0 aromatic heterocycles. The number of hydrogen-bond donors (Lipinski definition) is 2. The van der Waals surface area contributed by atoms with Crippen molar-refractivity contribution in [3.8, 4) is 0 Å². The van der Waals surface area contributed by atoms with E-state index in [0.29, 0.717) is 16.3 Å². The maximum Gasteiger partial charge on any atom is 0.253 e. The number of likely N-dealkylation sites (tertiary alicyclic amines) is 1. The van der Waals surface area contributed by atoms with Gasteiger partial charge in [-0.25, -0.2) is 0 Å². The SMILES string of the molecule is C[C@@H]1CCCN(Cc2ccc(NC(=O)CNC(=O)c3ccccc3Cl)cc2)C1. The Morgan fingerprint density at radius 2 is 1.89 bits per heavy atom. The maximum absolute atomic E-state index is 12.1. The third kappa shape index (κ3) is 5.81. The first kappa shape index (κ1) is 20.4. The minimum absolute atomic E-state index is 0.114. The molecule has 1 heterocycles. The van der Waals surface area contributed by atoms with Gasteiger partial charge in [0.1, 0.15) is 0 Å². The molecule has 148 valence electrons. The molecule has 2 aromatic rings. The lowest BCUT2D eigenvalue weighted by molar-refractivity contribution is -0.115. The predicted molar refractivity (Wildman–Crippen MR) is 113 cm³/mol. The summed E-state index contributed by atoms with van der Waals surface area (Å²) < 4.78 is 0. The van der Waals surface area contributed by atoms with E-state index in [4.69, 9.17) is 11.6 Å². The van der Waals surface area contributed by atoms with Crippen LogP contribution in [0.25, 0.3) is 0 Å². The second-order valence-electron chi connectivity index (χ2n) is 7.39. The highest BCUT2D eigenvalue weighted by Gasteiger charge is 2.16. The van der Waals surface area contributed by atoms with E-state index in [9.17, 15) is 9.59 Å². The zero-order valence-corrected chi connectivity index (χ0v) is 16.8. The first-order chi connectivity index (χ1) is 13.5. The van der Waals surface area contributed by atoms with Crippen molar-refractivity contribution in [3.05, 3.63) is 64.7 Å². The zero-order valence-electron chi connectivity index (χ0n) is 16.1. The monoisotopic (exact) mass is 399 g/mol. The summed E-state index contributed by atoms with van der Waals surface area (Å²) in [6, 6.07) is 14.6. The van der Waals surface area contributed by atoms with E-state index in [2.05, 4.69) is 22.5 Å². The molecule has 6 heteroatoms. The number of hydrogen-bond acceptors (Lipinski definition) is 3. The van der Waals surface area contributed by atoms with E-state index < -0.39 is 0 Å². The summed E-state index contributed by atoms with van der Waals surface area (Å²) in [5.41, 5.74) is 2.31. The Balaban J connectivity index is 1.46. The van der Waals surface area contributed by atoms with Crippen LogP contribution in [0.15, 0.2) is 48.5 Å². The number of nitrogens with zero attached hydrogens (tertiary/aromatic N) is 1. The Morgan fingerprint density at radius 1 is 1.14 bits per heavy atom. The number of piperidine rings is 1. The van der Waals surface area contributed by atoms with Crippen LogP contribution in [0.3, 0.4) is 0 Å². The number of benzene rings is 2. The third-order valence-corrected chi connectivity index (χ3v) is 5.24. The van der Waals surface area contributed by atoms with Crippen molar-refractivity contribution in [2.24, 2.45) is 5.92 Å². The largest absolute Gasteiger partial charge is 0.343 e. The number of halogens is 1. The molecule has 0 unspecified atom stereocenters. The summed E-state index contributed by atoms with van der Waals surface area (Å²) in [7, 11) is 0. The molecule has 3 rings (SSSR count). The second kappa shape index (κ2) is 9.71. The van der Waals surface area contributed by atoms with Crippen LogP contribution in [0.1, 0.15) is 35.7 Å². The summed E-state index contributed by atoms with van der Waals surface area (Å²) in [5, 5.41) is 5.75. The molecule has 0 radical (unpaired) electrons. The number of carbonyl (C=O) groups excluding carboxylic acids is 2. The van der Waals surface area contributed by atoms with E-state index in [-0.39, 0.29) is 18.4 Å². The number of amides is 2. The molecule has 2 N–H and O–H groups in total. The summed E-state index contributed by atoms with van der Waals surface area (Å²) in [5.74, 6) is 0.109. The highest BCUT2D eigenvalue weighted by molar-refractivity contribution is 6.33. The second-order valence-corrected chi connectivity index (χ2v) is 7.80. The van der Waals surface area contributed by atoms with Crippen LogP contribution in [0.4, 0.5) is 5.69 Å². The first-order valence-electron chi connectivity index (χ1n) is 9.65. The number of carbonyl (C=O) groups is 2. The van der Waals surface area contributed by atoms with E-state index in [0.717, 1.165) is 25.6 Å². The van der Waals surface area contributed by atoms with Gasteiger partial charge in [0.2, 0.25) is 5.91 Å². The van der Waals surface area contributed by atoms with Crippen LogP contribution < -0.4 is 10.6 Å². The van der Waals surface area contributed by atoms with Gasteiger partial charge in [-0.1, -0.05) is 42.8 Å². The zero-order chi connectivity index (χ0) is 19.9. The van der Waals surface area contributed by atoms with Crippen molar-refractivity contribution in [2.45, 2.75) is 26.3 Å². The average molecular weight is 400 g/mol. The van der Waals surface area contributed by atoms with Gasteiger partial charge < -0.3 is 10.6 Å². The molecule has 5 nitrogen and oxygen atoms in total. The lowest BCUT2D eigenvalue weighted by Crippen LogP contribution is -2.33. The lowest BCUT2D eigenvalue weighted by atomic mass is 10.00. The fraction of sp³-hybridized carbons (Fsp3) is 0.364. The molecule has 0 bridgehead atoms. The van der Waals surface area contributed by atoms with Gasteiger partial charge in [0.25, 0.3) is 5.91 Å². The Labute approximate surface area is 171 Å². The van der Waals surface area contributed by atoms with Gasteiger partial charge in [-0.2, -0.15) is 0 Å². The maximum atomic E-state index is 12.1. The quantitative estimate of drug-likeness (QED) is 0.773. The number of anilines is 1. The van der Waals surface area contributed by atoms with Crippen LogP contribution in [-0.2, 0) is 11.3 Å². The first-order valence-corrected chi connectivity index (χ1v) is 10.0. The minimum Gasteiger partial charge on any atom is -0.343 e. The molecular formula is C22H26ClN3O2. The summed E-state index contributed by atoms with van der Waals surface area (Å²) in [6.45, 7) is 5.41. The Morgan fingerprint density at radius 3 is 2.61 bits per heavy atom. The average Bonchev–Trinajstić information content (AvgIpc) is 2.68. The van der Waals surface area contributed by atoms with E-state index in [1.54, 1.807) is 24.3 Å². The third-order valence-electron chi connectivity index (χ3n) is 4.91. The normalized spacial score (nSPS) is 17.1. The molecule has 0 aliphatic carbocycles. The Bertz CT molecular complexity index is 823. The topological polar surface area (TPSA) is 61.4 Å². The van der Waals surface area contributed by atoms with Gasteiger partial charge in [-0.05, 0) is 55.1 Å². The fourth-order valence-electron chi connectivity index (χ4n) is 3.49. The molecule has 1 aliphatic rings. The van der Waals surface area contributed by atoms with E-state index in [1.807, 2.05) is 24.3 Å². The van der Waals surface area contributed by atoms with Crippen molar-refractivity contribution < 1.29 is 9.59 Å². The Kier molecular flexibility index (Phi) is 7.06. The van der Waals surface area contributed by atoms with Crippen molar-refractivity contribution in [3.63, 3.8) is 0 Å². The molecule has 0 saturated carbocycles. The number of rotatable bonds is 6. The van der Waals surface area contributed by atoms with Crippen LogP contribution in [0.2, 0.25) is 5.02 Å². The van der Waals surface area contributed by atoms with Crippen LogP contribution in [-0.4, -0.2) is 36.3 Å². The van der Waals surface area contributed by atoms with Gasteiger partial charge >= 0.3 is 0 Å². The molecule has 1 atom stereocenters. The summed E-state index contributed by atoms with van der Waals surface area (Å²) >= 11 is 5.99. The minimum atomic E-state index is -0.369. The summed E-state index contributed by atoms with van der Waals surface area (Å²) in [4.78, 5) is 26.7. The van der Waals surface area contributed by atoms with Crippen LogP contribution >= 0.6 is 11.6 Å². The highest BCUT2D eigenvalue weighted by Crippen LogP contribution is 2.19. The highest BCUT2D eigenvalue weighted by atomic mass is 35.5.